The number of hydrogen-bond acceptors (Lipinski definition) is 4. The van der Waals surface area contributed by atoms with Crippen LogP contribution in [0.4, 0.5) is 4.79 Å². The van der Waals surface area contributed by atoms with Crippen molar-refractivity contribution in [2.75, 3.05) is 13.1 Å². The summed E-state index contributed by atoms with van der Waals surface area (Å²) in [5.41, 5.74) is -0.418. The second kappa shape index (κ2) is 5.61. The van der Waals surface area contributed by atoms with E-state index in [9.17, 15) is 4.79 Å². The minimum atomic E-state index is -0.418. The quantitative estimate of drug-likeness (QED) is 0.929. The van der Waals surface area contributed by atoms with Gasteiger partial charge in [-0.25, -0.2) is 4.79 Å². The van der Waals surface area contributed by atoms with Crippen LogP contribution in [0.3, 0.4) is 0 Å². The number of carbonyl (C=O) groups excluding carboxylic acids is 1. The molecule has 2 fully saturated rings. The van der Waals surface area contributed by atoms with Gasteiger partial charge in [-0.05, 0) is 51.7 Å². The monoisotopic (exact) mass is 306 g/mol. The van der Waals surface area contributed by atoms with Crippen LogP contribution in [0.1, 0.15) is 33.5 Å². The van der Waals surface area contributed by atoms with Crippen LogP contribution >= 0.6 is 0 Å². The van der Waals surface area contributed by atoms with Gasteiger partial charge in [-0.3, -0.25) is 0 Å². The molecule has 1 aromatic rings. The molecule has 2 heterocycles. The molecule has 22 heavy (non-hydrogen) atoms. The molecule has 3 atom stereocenters. The molecule has 0 radical (unpaired) electrons. The highest BCUT2D eigenvalue weighted by atomic mass is 16.6. The van der Waals surface area contributed by atoms with Crippen LogP contribution in [0.15, 0.2) is 22.8 Å². The normalized spacial score (nSPS) is 28.4. The van der Waals surface area contributed by atoms with E-state index in [2.05, 4.69) is 12.2 Å². The zero-order valence-corrected chi connectivity index (χ0v) is 13.8. The number of amides is 1. The Hall–Kier alpha value is -1.49. The molecular formula is C17H26N2O3. The molecule has 1 N–H and O–H groups in total. The third kappa shape index (κ3) is 3.46. The van der Waals surface area contributed by atoms with Gasteiger partial charge in [-0.2, -0.15) is 0 Å². The number of likely N-dealkylation sites (tertiary alicyclic amines) is 1. The van der Waals surface area contributed by atoms with E-state index in [-0.39, 0.29) is 6.09 Å². The summed E-state index contributed by atoms with van der Waals surface area (Å²) >= 11 is 0. The first-order valence-corrected chi connectivity index (χ1v) is 8.10. The fourth-order valence-electron chi connectivity index (χ4n) is 3.37. The number of ether oxygens (including phenoxy) is 1. The van der Waals surface area contributed by atoms with E-state index in [0.29, 0.717) is 23.9 Å². The molecule has 3 unspecified atom stereocenters. The van der Waals surface area contributed by atoms with Crippen molar-refractivity contribution in [3.05, 3.63) is 24.2 Å². The first-order valence-electron chi connectivity index (χ1n) is 8.10. The SMILES string of the molecule is CC(Cc1ccco1)NC1C2CN(C(=O)OC(C)(C)C)CC21. The highest BCUT2D eigenvalue weighted by Crippen LogP contribution is 2.46. The first kappa shape index (κ1) is 15.4. The average Bonchev–Trinajstić information content (AvgIpc) is 2.86. The van der Waals surface area contributed by atoms with Gasteiger partial charge in [-0.1, -0.05) is 0 Å². The van der Waals surface area contributed by atoms with Crippen LogP contribution in [0.2, 0.25) is 0 Å². The molecule has 122 valence electrons. The minimum Gasteiger partial charge on any atom is -0.469 e. The van der Waals surface area contributed by atoms with Crippen molar-refractivity contribution in [3.8, 4) is 0 Å². The summed E-state index contributed by atoms with van der Waals surface area (Å²) in [6.45, 7) is 9.52. The zero-order valence-electron chi connectivity index (χ0n) is 13.8. The molecule has 1 saturated heterocycles. The van der Waals surface area contributed by atoms with Gasteiger partial charge >= 0.3 is 6.09 Å². The third-order valence-electron chi connectivity index (χ3n) is 4.41. The van der Waals surface area contributed by atoms with Gasteiger partial charge in [0.15, 0.2) is 0 Å². The lowest BCUT2D eigenvalue weighted by Gasteiger charge is -2.26. The number of carbonyl (C=O) groups is 1. The number of nitrogens with zero attached hydrogens (tertiary/aromatic N) is 1. The van der Waals surface area contributed by atoms with Crippen LogP contribution in [-0.2, 0) is 11.2 Å². The highest BCUT2D eigenvalue weighted by Gasteiger charge is 2.57. The van der Waals surface area contributed by atoms with Gasteiger partial charge in [0.25, 0.3) is 0 Å². The number of rotatable bonds is 4. The standard InChI is InChI=1S/C17H26N2O3/c1-11(8-12-6-5-7-21-12)18-15-13-9-19(10-14(13)15)16(20)22-17(2,3)4/h5-7,11,13-15,18H,8-10H2,1-4H3. The number of fused-ring (bicyclic) bond motifs is 1. The summed E-state index contributed by atoms with van der Waals surface area (Å²) in [4.78, 5) is 13.9. The Labute approximate surface area is 132 Å². The van der Waals surface area contributed by atoms with Gasteiger partial charge in [0.1, 0.15) is 11.4 Å². The summed E-state index contributed by atoms with van der Waals surface area (Å²) < 4.78 is 10.8. The molecule has 0 spiro atoms. The maximum absolute atomic E-state index is 12.0. The topological polar surface area (TPSA) is 54.7 Å². The molecule has 3 rings (SSSR count). The van der Waals surface area contributed by atoms with Crippen LogP contribution in [0.25, 0.3) is 0 Å². The van der Waals surface area contributed by atoms with Crippen LogP contribution < -0.4 is 5.32 Å². The fraction of sp³-hybridized carbons (Fsp3) is 0.706. The van der Waals surface area contributed by atoms with Crippen molar-refractivity contribution < 1.29 is 13.9 Å². The average molecular weight is 306 g/mol. The number of piperidine rings is 1. The van der Waals surface area contributed by atoms with Gasteiger partial charge in [0.05, 0.1) is 6.26 Å². The van der Waals surface area contributed by atoms with Crippen molar-refractivity contribution in [1.82, 2.24) is 10.2 Å². The summed E-state index contributed by atoms with van der Waals surface area (Å²) in [5, 5.41) is 3.66. The van der Waals surface area contributed by atoms with Gasteiger partial charge in [-0.15, -0.1) is 0 Å². The molecular weight excluding hydrogens is 280 g/mol. The van der Waals surface area contributed by atoms with Crippen molar-refractivity contribution >= 4 is 6.09 Å². The molecule has 0 aromatic carbocycles. The number of hydrogen-bond donors (Lipinski definition) is 1. The molecule has 5 nitrogen and oxygen atoms in total. The Morgan fingerprint density at radius 3 is 2.68 bits per heavy atom. The van der Waals surface area contributed by atoms with Gasteiger partial charge in [0, 0.05) is 31.6 Å². The second-order valence-corrected chi connectivity index (χ2v) is 7.59. The Balaban J connectivity index is 1.42. The summed E-state index contributed by atoms with van der Waals surface area (Å²) in [6.07, 6.45) is 2.44. The number of furan rings is 1. The molecule has 0 bridgehead atoms. The fourth-order valence-corrected chi connectivity index (χ4v) is 3.37. The van der Waals surface area contributed by atoms with E-state index in [1.807, 2.05) is 37.8 Å². The Morgan fingerprint density at radius 2 is 2.14 bits per heavy atom. The predicted molar refractivity (Wildman–Crippen MR) is 83.6 cm³/mol. The minimum absolute atomic E-state index is 0.179. The van der Waals surface area contributed by atoms with E-state index in [0.717, 1.165) is 25.3 Å². The predicted octanol–water partition coefficient (Wildman–Crippen LogP) is 2.67. The summed E-state index contributed by atoms with van der Waals surface area (Å²) in [6, 6.07) is 4.85. The van der Waals surface area contributed by atoms with E-state index in [1.165, 1.54) is 0 Å². The van der Waals surface area contributed by atoms with Gasteiger partial charge in [0.2, 0.25) is 0 Å². The van der Waals surface area contributed by atoms with Crippen molar-refractivity contribution in [3.63, 3.8) is 0 Å². The largest absolute Gasteiger partial charge is 0.469 e. The lowest BCUT2D eigenvalue weighted by molar-refractivity contribution is 0.0269. The van der Waals surface area contributed by atoms with Crippen molar-refractivity contribution in [2.24, 2.45) is 11.8 Å². The highest BCUT2D eigenvalue weighted by molar-refractivity contribution is 5.69. The lowest BCUT2D eigenvalue weighted by Crippen LogP contribution is -2.41. The van der Waals surface area contributed by atoms with Crippen molar-refractivity contribution in [2.45, 2.75) is 51.8 Å². The summed E-state index contributed by atoms with van der Waals surface area (Å²) in [7, 11) is 0. The molecule has 5 heteroatoms. The maximum Gasteiger partial charge on any atom is 0.410 e. The molecule has 2 aliphatic rings. The lowest BCUT2D eigenvalue weighted by atomic mass is 10.2. The maximum atomic E-state index is 12.0. The molecule has 1 aliphatic heterocycles. The smallest absolute Gasteiger partial charge is 0.410 e. The van der Waals surface area contributed by atoms with E-state index < -0.39 is 5.60 Å². The van der Waals surface area contributed by atoms with Gasteiger partial charge < -0.3 is 19.4 Å². The Morgan fingerprint density at radius 1 is 1.45 bits per heavy atom. The molecule has 1 aromatic heterocycles. The molecule has 1 saturated carbocycles. The second-order valence-electron chi connectivity index (χ2n) is 7.59. The molecule has 1 amide bonds. The first-order chi connectivity index (χ1) is 10.3. The van der Waals surface area contributed by atoms with E-state index in [4.69, 9.17) is 9.15 Å². The Kier molecular flexibility index (Phi) is 3.93. The van der Waals surface area contributed by atoms with Crippen molar-refractivity contribution in [1.29, 1.82) is 0 Å². The Bertz CT molecular complexity index is 509. The zero-order chi connectivity index (χ0) is 15.9. The van der Waals surface area contributed by atoms with E-state index in [1.54, 1.807) is 6.26 Å². The van der Waals surface area contributed by atoms with Crippen LogP contribution in [0.5, 0.6) is 0 Å². The summed E-state index contributed by atoms with van der Waals surface area (Å²) in [5.74, 6) is 2.17. The number of nitrogens with one attached hydrogen (secondary N) is 1. The molecule has 1 aliphatic carbocycles. The van der Waals surface area contributed by atoms with Crippen LogP contribution in [-0.4, -0.2) is 41.8 Å². The third-order valence-corrected chi connectivity index (χ3v) is 4.41. The van der Waals surface area contributed by atoms with E-state index >= 15 is 0 Å². The van der Waals surface area contributed by atoms with Crippen LogP contribution in [0, 0.1) is 11.8 Å².